The van der Waals surface area contributed by atoms with E-state index in [1.165, 1.54) is 34.6 Å². The van der Waals surface area contributed by atoms with Gasteiger partial charge in [-0.2, -0.15) is 15.2 Å². The third-order valence-corrected chi connectivity index (χ3v) is 10.2. The number of hydrogen-bond donors (Lipinski definition) is 0. The van der Waals surface area contributed by atoms with Gasteiger partial charge >= 0.3 is 6.01 Å². The average molecular weight is 579 g/mol. The molecule has 0 aliphatic carbocycles. The minimum Gasteiger partial charge on any atom is -0.461 e. The second-order valence-corrected chi connectivity index (χ2v) is 12.6. The lowest BCUT2D eigenvalue weighted by Crippen LogP contribution is -2.55. The number of anilines is 1. The van der Waals surface area contributed by atoms with E-state index >= 15 is 0 Å². The molecule has 3 saturated heterocycles. The number of amides is 1. The third kappa shape index (κ3) is 4.69. The summed E-state index contributed by atoms with van der Waals surface area (Å²) in [4.78, 5) is 29.0. The monoisotopic (exact) mass is 578 g/mol. The summed E-state index contributed by atoms with van der Waals surface area (Å²) in [6, 6.07) is 17.4. The SMILES string of the molecule is C=CC(=O)N1CCN(c2nc(OCC34CCCN3CCC4)nc3cc(-c4cccc5sccc45)ccc23)C[C@@H]1CC#N. The fourth-order valence-electron chi connectivity index (χ4n) is 7.21. The fourth-order valence-corrected chi connectivity index (χ4v) is 8.02. The van der Waals surface area contributed by atoms with Crippen LogP contribution in [0.5, 0.6) is 6.01 Å². The smallest absolute Gasteiger partial charge is 0.319 e. The Balaban J connectivity index is 1.28. The van der Waals surface area contributed by atoms with Gasteiger partial charge in [0.15, 0.2) is 0 Å². The maximum absolute atomic E-state index is 12.5. The molecule has 0 saturated carbocycles. The molecule has 0 bridgehead atoms. The standard InChI is InChI=1S/C33H34N6O2S/c1-2-30(40)39-18-17-37(21-24(39)10-14-34)31-27-9-8-23(25-6-3-7-29-26(25)11-19-42-29)20-28(27)35-32(36-31)41-22-33-12-4-15-38(33)16-5-13-33/h2-3,6-9,11,19-20,24H,1,4-5,10,12-13,15-18,21-22H2/t24-/m0/s1. The first-order valence-corrected chi connectivity index (χ1v) is 15.7. The van der Waals surface area contributed by atoms with Gasteiger partial charge in [0.2, 0.25) is 5.91 Å². The molecule has 4 aromatic rings. The first kappa shape index (κ1) is 26.9. The van der Waals surface area contributed by atoms with Crippen LogP contribution in [0.25, 0.3) is 32.1 Å². The largest absolute Gasteiger partial charge is 0.461 e. The second-order valence-electron chi connectivity index (χ2n) is 11.6. The van der Waals surface area contributed by atoms with E-state index in [-0.39, 0.29) is 23.9 Å². The van der Waals surface area contributed by atoms with Crippen molar-refractivity contribution in [2.24, 2.45) is 0 Å². The van der Waals surface area contributed by atoms with Gasteiger partial charge in [-0.05, 0) is 85.6 Å². The zero-order valence-corrected chi connectivity index (χ0v) is 24.5. The van der Waals surface area contributed by atoms with Crippen LogP contribution in [0.2, 0.25) is 0 Å². The molecule has 42 heavy (non-hydrogen) atoms. The highest BCUT2D eigenvalue weighted by atomic mass is 32.1. The molecule has 7 rings (SSSR count). The van der Waals surface area contributed by atoms with E-state index in [0.717, 1.165) is 48.2 Å². The number of nitrogens with zero attached hydrogens (tertiary/aromatic N) is 6. The Morgan fingerprint density at radius 2 is 1.98 bits per heavy atom. The van der Waals surface area contributed by atoms with E-state index in [9.17, 15) is 10.1 Å². The highest BCUT2D eigenvalue weighted by Gasteiger charge is 2.45. The third-order valence-electron chi connectivity index (χ3n) is 9.31. The van der Waals surface area contributed by atoms with Crippen LogP contribution in [0.1, 0.15) is 32.1 Å². The lowest BCUT2D eigenvalue weighted by atomic mass is 9.95. The molecular weight excluding hydrogens is 544 g/mol. The first-order chi connectivity index (χ1) is 20.6. The molecule has 2 aromatic heterocycles. The number of ether oxygens (including phenoxy) is 1. The summed E-state index contributed by atoms with van der Waals surface area (Å²) in [5.74, 6) is 0.645. The van der Waals surface area contributed by atoms with Crippen LogP contribution in [0.15, 0.2) is 60.5 Å². The van der Waals surface area contributed by atoms with Crippen molar-refractivity contribution in [2.45, 2.75) is 43.7 Å². The van der Waals surface area contributed by atoms with Crippen LogP contribution < -0.4 is 9.64 Å². The van der Waals surface area contributed by atoms with Gasteiger partial charge in [-0.25, -0.2) is 0 Å². The number of benzene rings is 2. The molecule has 1 atom stereocenters. The average Bonchev–Trinajstić information content (AvgIpc) is 3.75. The first-order valence-electron chi connectivity index (χ1n) is 14.8. The Morgan fingerprint density at radius 1 is 1.12 bits per heavy atom. The molecular formula is C33H34N6O2S. The Labute approximate surface area is 249 Å². The minimum absolute atomic E-state index is 0.0868. The van der Waals surface area contributed by atoms with Crippen LogP contribution in [0.3, 0.4) is 0 Å². The predicted molar refractivity (Wildman–Crippen MR) is 167 cm³/mol. The Kier molecular flexibility index (Phi) is 7.04. The number of thiophene rings is 1. The van der Waals surface area contributed by atoms with Crippen molar-refractivity contribution in [1.29, 1.82) is 5.26 Å². The van der Waals surface area contributed by atoms with Gasteiger partial charge in [-0.15, -0.1) is 11.3 Å². The summed E-state index contributed by atoms with van der Waals surface area (Å²) in [7, 11) is 0. The normalized spacial score (nSPS) is 20.1. The minimum atomic E-state index is -0.247. The summed E-state index contributed by atoms with van der Waals surface area (Å²) in [6.07, 6.45) is 6.29. The molecule has 0 spiro atoms. The summed E-state index contributed by atoms with van der Waals surface area (Å²) >= 11 is 1.74. The van der Waals surface area contributed by atoms with Crippen LogP contribution >= 0.6 is 11.3 Å². The number of nitriles is 1. The molecule has 1 amide bonds. The van der Waals surface area contributed by atoms with Crippen molar-refractivity contribution in [3.63, 3.8) is 0 Å². The fraction of sp³-hybridized carbons (Fsp3) is 0.394. The summed E-state index contributed by atoms with van der Waals surface area (Å²) in [5.41, 5.74) is 3.19. The van der Waals surface area contributed by atoms with Crippen molar-refractivity contribution in [1.82, 2.24) is 19.8 Å². The Hall–Kier alpha value is -4.00. The van der Waals surface area contributed by atoms with E-state index in [1.54, 1.807) is 16.2 Å². The van der Waals surface area contributed by atoms with E-state index < -0.39 is 0 Å². The maximum Gasteiger partial charge on any atom is 0.319 e. The van der Waals surface area contributed by atoms with E-state index in [2.05, 4.69) is 70.3 Å². The summed E-state index contributed by atoms with van der Waals surface area (Å²) < 4.78 is 7.73. The quantitative estimate of drug-likeness (QED) is 0.263. The van der Waals surface area contributed by atoms with Crippen LogP contribution in [0.4, 0.5) is 5.82 Å². The van der Waals surface area contributed by atoms with Gasteiger partial charge in [0, 0.05) is 35.1 Å². The van der Waals surface area contributed by atoms with Crippen LogP contribution in [-0.2, 0) is 4.79 Å². The Bertz CT molecular complexity index is 1700. The lowest BCUT2D eigenvalue weighted by molar-refractivity contribution is -0.128. The number of piperazine rings is 1. The maximum atomic E-state index is 12.5. The van der Waals surface area contributed by atoms with E-state index in [1.807, 2.05) is 0 Å². The number of rotatable bonds is 7. The van der Waals surface area contributed by atoms with Gasteiger partial charge in [0.05, 0.1) is 29.6 Å². The molecule has 5 heterocycles. The molecule has 0 N–H and O–H groups in total. The molecule has 3 aliphatic rings. The zero-order chi connectivity index (χ0) is 28.7. The molecule has 2 aromatic carbocycles. The van der Waals surface area contributed by atoms with Crippen molar-refractivity contribution in [2.75, 3.05) is 44.2 Å². The van der Waals surface area contributed by atoms with Crippen LogP contribution in [0, 0.1) is 11.3 Å². The van der Waals surface area contributed by atoms with Crippen molar-refractivity contribution < 1.29 is 9.53 Å². The zero-order valence-electron chi connectivity index (χ0n) is 23.7. The summed E-state index contributed by atoms with van der Waals surface area (Å²) in [5, 5.41) is 13.8. The molecule has 9 heteroatoms. The van der Waals surface area contributed by atoms with Crippen molar-refractivity contribution >= 4 is 44.1 Å². The Morgan fingerprint density at radius 3 is 2.79 bits per heavy atom. The molecule has 0 unspecified atom stereocenters. The second kappa shape index (κ2) is 11.0. The summed E-state index contributed by atoms with van der Waals surface area (Å²) in [6.45, 7) is 8.12. The van der Waals surface area contributed by atoms with Crippen molar-refractivity contribution in [3.8, 4) is 23.2 Å². The molecule has 3 aliphatic heterocycles. The number of carbonyl (C=O) groups is 1. The van der Waals surface area contributed by atoms with Crippen LogP contribution in [-0.4, -0.2) is 76.6 Å². The predicted octanol–water partition coefficient (Wildman–Crippen LogP) is 5.64. The molecule has 0 radical (unpaired) electrons. The molecule has 3 fully saturated rings. The molecule has 214 valence electrons. The van der Waals surface area contributed by atoms with Gasteiger partial charge < -0.3 is 14.5 Å². The highest BCUT2D eigenvalue weighted by molar-refractivity contribution is 7.17. The van der Waals surface area contributed by atoms with E-state index in [4.69, 9.17) is 14.7 Å². The number of fused-ring (bicyclic) bond motifs is 3. The van der Waals surface area contributed by atoms with Crippen molar-refractivity contribution in [3.05, 3.63) is 60.5 Å². The van der Waals surface area contributed by atoms with Gasteiger partial charge in [-0.3, -0.25) is 9.69 Å². The van der Waals surface area contributed by atoms with Gasteiger partial charge in [0.25, 0.3) is 0 Å². The number of aromatic nitrogens is 2. The molecule has 8 nitrogen and oxygen atoms in total. The lowest BCUT2D eigenvalue weighted by Gasteiger charge is -2.41. The highest BCUT2D eigenvalue weighted by Crippen LogP contribution is 2.40. The topological polar surface area (TPSA) is 85.6 Å². The van der Waals surface area contributed by atoms with E-state index in [0.29, 0.717) is 32.3 Å². The number of carbonyl (C=O) groups excluding carboxylic acids is 1. The number of hydrogen-bond acceptors (Lipinski definition) is 8. The van der Waals surface area contributed by atoms with Gasteiger partial charge in [-0.1, -0.05) is 24.8 Å². The van der Waals surface area contributed by atoms with Gasteiger partial charge in [0.1, 0.15) is 12.4 Å².